The number of imidazole rings is 1. The number of nitrogens with two attached hydrogens (primary N) is 1. The van der Waals surface area contributed by atoms with Crippen LogP contribution in [0.25, 0.3) is 11.0 Å². The number of amides is 1. The number of rotatable bonds is 7. The highest BCUT2D eigenvalue weighted by Crippen LogP contribution is 2.30. The lowest BCUT2D eigenvalue weighted by Crippen LogP contribution is -2.23. The molecule has 3 N–H and O–H groups in total. The maximum atomic E-state index is 12.8. The summed E-state index contributed by atoms with van der Waals surface area (Å²) < 4.78 is 30.6. The van der Waals surface area contributed by atoms with Gasteiger partial charge in [0, 0.05) is 19.0 Å². The van der Waals surface area contributed by atoms with Crippen molar-refractivity contribution in [2.75, 3.05) is 19.6 Å². The number of primary amides is 1. The number of nitrogens with one attached hydrogen (secondary N) is 1. The molecule has 0 radical (unpaired) electrons. The van der Waals surface area contributed by atoms with Gasteiger partial charge in [-0.25, -0.2) is 18.2 Å². The van der Waals surface area contributed by atoms with Gasteiger partial charge in [-0.2, -0.15) is 0 Å². The number of carbonyl (C=O) groups excluding carboxylic acids is 1. The Morgan fingerprint density at radius 2 is 1.77 bits per heavy atom. The van der Waals surface area contributed by atoms with Gasteiger partial charge in [0.2, 0.25) is 9.84 Å². The molecule has 1 unspecified atom stereocenters. The van der Waals surface area contributed by atoms with Gasteiger partial charge < -0.3 is 20.4 Å². The quantitative estimate of drug-likeness (QED) is 0.406. The molecule has 0 bridgehead atoms. The summed E-state index contributed by atoms with van der Waals surface area (Å²) >= 11 is 0. The second-order valence-electron chi connectivity index (χ2n) is 8.69. The third-order valence-corrected chi connectivity index (χ3v) is 8.15. The number of aromatic nitrogens is 2. The van der Waals surface area contributed by atoms with E-state index in [4.69, 9.17) is 10.5 Å². The summed E-state index contributed by atoms with van der Waals surface area (Å²) in [6.07, 6.45) is 0.939. The number of carbonyl (C=O) groups is 1. The molecule has 0 aliphatic carbocycles. The van der Waals surface area contributed by atoms with E-state index in [1.807, 2.05) is 18.2 Å². The molecule has 1 aromatic heterocycles. The molecule has 1 atom stereocenters. The Bertz CT molecular complexity index is 1450. The summed E-state index contributed by atoms with van der Waals surface area (Å²) in [5.74, 6) is 1.48. The molecular formula is C26H26N4O4S. The third-order valence-electron chi connectivity index (χ3n) is 6.37. The van der Waals surface area contributed by atoms with E-state index >= 15 is 0 Å². The molecular weight excluding hydrogens is 464 g/mol. The molecule has 1 aliphatic rings. The van der Waals surface area contributed by atoms with E-state index < -0.39 is 15.9 Å². The van der Waals surface area contributed by atoms with Crippen molar-refractivity contribution in [3.05, 3.63) is 84.2 Å². The predicted molar refractivity (Wildman–Crippen MR) is 132 cm³/mol. The Balaban J connectivity index is 1.21. The van der Waals surface area contributed by atoms with Crippen LogP contribution in [0, 0.1) is 0 Å². The van der Waals surface area contributed by atoms with Crippen LogP contribution in [0.3, 0.4) is 0 Å². The number of aromatic amines is 1. The SMILES string of the molecule is NC(=O)Oc1cccc2[nH]c(C3CCN(CCc4ccc(S(=O)(=O)c5ccccc5)cc4)C3)nc12. The fraction of sp³-hybridized carbons (Fsp3) is 0.231. The van der Waals surface area contributed by atoms with Gasteiger partial charge in [0.25, 0.3) is 0 Å². The van der Waals surface area contributed by atoms with Crippen molar-refractivity contribution in [2.24, 2.45) is 5.73 Å². The Labute approximate surface area is 203 Å². The topological polar surface area (TPSA) is 118 Å². The summed E-state index contributed by atoms with van der Waals surface area (Å²) in [5, 5.41) is 0. The van der Waals surface area contributed by atoms with Gasteiger partial charge in [0.1, 0.15) is 11.3 Å². The number of fused-ring (bicyclic) bond motifs is 1. The van der Waals surface area contributed by atoms with E-state index in [1.165, 1.54) is 0 Å². The largest absolute Gasteiger partial charge is 0.410 e. The van der Waals surface area contributed by atoms with Crippen LogP contribution in [0.5, 0.6) is 5.75 Å². The summed E-state index contributed by atoms with van der Waals surface area (Å²) in [4.78, 5) is 22.2. The lowest BCUT2D eigenvalue weighted by Gasteiger charge is -2.15. The first kappa shape index (κ1) is 23.1. The van der Waals surface area contributed by atoms with E-state index in [-0.39, 0.29) is 5.92 Å². The molecule has 0 spiro atoms. The van der Waals surface area contributed by atoms with Crippen LogP contribution >= 0.6 is 0 Å². The maximum absolute atomic E-state index is 12.8. The summed E-state index contributed by atoms with van der Waals surface area (Å²) in [6.45, 7) is 2.69. The molecule has 9 heteroatoms. The Kier molecular flexibility index (Phi) is 6.27. The minimum Gasteiger partial charge on any atom is -0.408 e. The normalized spacial score (nSPS) is 16.5. The second-order valence-corrected chi connectivity index (χ2v) is 10.6. The predicted octanol–water partition coefficient (Wildman–Crippen LogP) is 3.89. The monoisotopic (exact) mass is 490 g/mol. The van der Waals surface area contributed by atoms with Crippen molar-refractivity contribution in [1.29, 1.82) is 0 Å². The fourth-order valence-corrected chi connectivity index (χ4v) is 5.81. The minimum atomic E-state index is -3.50. The number of nitrogens with zero attached hydrogens (tertiary/aromatic N) is 2. The highest BCUT2D eigenvalue weighted by molar-refractivity contribution is 7.91. The first-order valence-electron chi connectivity index (χ1n) is 11.5. The Morgan fingerprint density at radius 1 is 1.03 bits per heavy atom. The highest BCUT2D eigenvalue weighted by atomic mass is 32.2. The van der Waals surface area contributed by atoms with Crippen LogP contribution in [0.1, 0.15) is 23.7 Å². The molecule has 35 heavy (non-hydrogen) atoms. The second kappa shape index (κ2) is 9.52. The molecule has 1 aliphatic heterocycles. The molecule has 0 saturated carbocycles. The lowest BCUT2D eigenvalue weighted by molar-refractivity contribution is 0.211. The summed E-state index contributed by atoms with van der Waals surface area (Å²) in [7, 11) is -3.50. The number of H-pyrrole nitrogens is 1. The van der Waals surface area contributed by atoms with E-state index in [9.17, 15) is 13.2 Å². The molecule has 180 valence electrons. The lowest BCUT2D eigenvalue weighted by atomic mass is 10.1. The fourth-order valence-electron chi connectivity index (χ4n) is 4.53. The third kappa shape index (κ3) is 4.91. The molecule has 1 saturated heterocycles. The van der Waals surface area contributed by atoms with Gasteiger partial charge in [-0.05, 0) is 61.3 Å². The summed E-state index contributed by atoms with van der Waals surface area (Å²) in [6, 6.07) is 21.0. The van der Waals surface area contributed by atoms with Crippen LogP contribution in [0.2, 0.25) is 0 Å². The highest BCUT2D eigenvalue weighted by Gasteiger charge is 2.26. The number of ether oxygens (including phenoxy) is 1. The number of hydrogen-bond acceptors (Lipinski definition) is 6. The van der Waals surface area contributed by atoms with Gasteiger partial charge in [-0.3, -0.25) is 0 Å². The molecule has 4 aromatic rings. The van der Waals surface area contributed by atoms with Gasteiger partial charge in [-0.15, -0.1) is 0 Å². The number of hydrogen-bond donors (Lipinski definition) is 2. The molecule has 2 heterocycles. The Hall–Kier alpha value is -3.69. The van der Waals surface area contributed by atoms with Gasteiger partial charge in [0.05, 0.1) is 15.3 Å². The maximum Gasteiger partial charge on any atom is 0.410 e. The van der Waals surface area contributed by atoms with E-state index in [1.54, 1.807) is 54.6 Å². The zero-order chi connectivity index (χ0) is 24.4. The van der Waals surface area contributed by atoms with Gasteiger partial charge in [0.15, 0.2) is 5.75 Å². The number of likely N-dealkylation sites (tertiary alicyclic amines) is 1. The van der Waals surface area contributed by atoms with Crippen molar-refractivity contribution in [2.45, 2.75) is 28.6 Å². The van der Waals surface area contributed by atoms with Gasteiger partial charge in [-0.1, -0.05) is 36.4 Å². The Morgan fingerprint density at radius 3 is 2.51 bits per heavy atom. The van der Waals surface area contributed by atoms with Crippen molar-refractivity contribution in [1.82, 2.24) is 14.9 Å². The first-order chi connectivity index (χ1) is 16.9. The average Bonchev–Trinajstić information content (AvgIpc) is 3.51. The van der Waals surface area contributed by atoms with Gasteiger partial charge >= 0.3 is 6.09 Å². The van der Waals surface area contributed by atoms with Crippen LogP contribution in [-0.2, 0) is 16.3 Å². The van der Waals surface area contributed by atoms with Crippen LogP contribution in [0.15, 0.2) is 82.6 Å². The summed E-state index contributed by atoms with van der Waals surface area (Å²) in [5.41, 5.74) is 7.67. The van der Waals surface area contributed by atoms with Crippen molar-refractivity contribution in [3.63, 3.8) is 0 Å². The van der Waals surface area contributed by atoms with E-state index in [0.29, 0.717) is 21.1 Å². The van der Waals surface area contributed by atoms with Crippen LogP contribution < -0.4 is 10.5 Å². The first-order valence-corrected chi connectivity index (χ1v) is 13.0. The van der Waals surface area contributed by atoms with Crippen LogP contribution in [0.4, 0.5) is 4.79 Å². The minimum absolute atomic E-state index is 0.252. The molecule has 5 rings (SSSR count). The van der Waals surface area contributed by atoms with Crippen molar-refractivity contribution in [3.8, 4) is 5.75 Å². The molecule has 1 amide bonds. The zero-order valence-electron chi connectivity index (χ0n) is 19.1. The van der Waals surface area contributed by atoms with E-state index in [2.05, 4.69) is 14.9 Å². The van der Waals surface area contributed by atoms with E-state index in [0.717, 1.165) is 49.4 Å². The zero-order valence-corrected chi connectivity index (χ0v) is 19.9. The molecule has 1 fully saturated rings. The molecule has 8 nitrogen and oxygen atoms in total. The number of sulfone groups is 1. The number of para-hydroxylation sites is 1. The van der Waals surface area contributed by atoms with Crippen LogP contribution in [-0.4, -0.2) is 49.0 Å². The number of benzene rings is 3. The standard InChI is InChI=1S/C26H26N4O4S/c27-26(31)34-23-8-4-7-22-24(23)29-25(28-22)19-14-16-30(17-19)15-13-18-9-11-21(12-10-18)35(32,33)20-5-2-1-3-6-20/h1-12,19H,13-17H2,(H2,27,31)(H,28,29). The van der Waals surface area contributed by atoms with Crippen molar-refractivity contribution >= 4 is 27.0 Å². The average molecular weight is 491 g/mol. The van der Waals surface area contributed by atoms with Crippen molar-refractivity contribution < 1.29 is 17.9 Å². The molecule has 3 aromatic carbocycles. The smallest absolute Gasteiger partial charge is 0.408 e.